The molecule has 1 aliphatic heterocycles. The van der Waals surface area contributed by atoms with Crippen LogP contribution in [0.4, 0.5) is 29.7 Å². The smallest absolute Gasteiger partial charge is 0.416 e. The molecule has 0 saturated heterocycles. The number of sulfonamides is 1. The van der Waals surface area contributed by atoms with Gasteiger partial charge in [-0.25, -0.2) is 13.4 Å². The maximum Gasteiger partial charge on any atom is 0.416 e. The van der Waals surface area contributed by atoms with E-state index < -0.39 is 21.8 Å². The van der Waals surface area contributed by atoms with Gasteiger partial charge in [0.1, 0.15) is 12.4 Å². The molecule has 4 aromatic rings. The number of anilines is 3. The first-order valence-electron chi connectivity index (χ1n) is 10.3. The van der Waals surface area contributed by atoms with E-state index in [1.54, 1.807) is 24.6 Å². The van der Waals surface area contributed by atoms with Crippen LogP contribution in [0.5, 0.6) is 5.75 Å². The first-order valence-corrected chi connectivity index (χ1v) is 12.7. The van der Waals surface area contributed by atoms with E-state index >= 15 is 0 Å². The summed E-state index contributed by atoms with van der Waals surface area (Å²) < 4.78 is 75.7. The van der Waals surface area contributed by atoms with Crippen molar-refractivity contribution in [3.63, 3.8) is 0 Å². The summed E-state index contributed by atoms with van der Waals surface area (Å²) in [6.45, 7) is 0.564. The molecule has 2 aromatic carbocycles. The van der Waals surface area contributed by atoms with E-state index in [0.717, 1.165) is 23.5 Å². The Balaban J connectivity index is 1.57. The Labute approximate surface area is 202 Å². The van der Waals surface area contributed by atoms with Crippen LogP contribution in [0.3, 0.4) is 0 Å². The minimum atomic E-state index is -4.51. The summed E-state index contributed by atoms with van der Waals surface area (Å²) in [6.07, 6.45) is -1.51. The van der Waals surface area contributed by atoms with Crippen molar-refractivity contribution in [2.75, 3.05) is 22.8 Å². The molecule has 0 saturated carbocycles. The van der Waals surface area contributed by atoms with Gasteiger partial charge in [-0.15, -0.1) is 11.3 Å². The highest BCUT2D eigenvalue weighted by Crippen LogP contribution is 2.44. The average molecular weight is 522 g/mol. The van der Waals surface area contributed by atoms with E-state index in [0.29, 0.717) is 34.9 Å². The van der Waals surface area contributed by atoms with Gasteiger partial charge >= 0.3 is 6.18 Å². The number of nitrogens with zero attached hydrogens (tertiary/aromatic N) is 4. The standard InChI is InChI=1S/C22H18F3N5O3S2/c1-29-17(6-7-27-29)16-12-14(22(23,24)25)2-4-18(16)30-9-10-33-20-13-15(3-5-19(20)30)35(31,32)28-21-26-8-11-34-21/h2-8,11-13H,9-10H2,1H3,(H,26,28). The van der Waals surface area contributed by atoms with Gasteiger partial charge in [0.15, 0.2) is 5.13 Å². The summed E-state index contributed by atoms with van der Waals surface area (Å²) in [5, 5.41) is 5.98. The number of hydrogen-bond donors (Lipinski definition) is 1. The van der Waals surface area contributed by atoms with Crippen LogP contribution < -0.4 is 14.4 Å². The molecule has 0 radical (unpaired) electrons. The second-order valence-electron chi connectivity index (χ2n) is 7.64. The van der Waals surface area contributed by atoms with Gasteiger partial charge in [-0.2, -0.15) is 18.3 Å². The van der Waals surface area contributed by atoms with E-state index in [1.807, 2.05) is 4.90 Å². The SMILES string of the molecule is Cn1nccc1-c1cc(C(F)(F)F)ccc1N1CCOc2cc(S(=O)(=O)Nc3nccs3)ccc21. The van der Waals surface area contributed by atoms with E-state index in [4.69, 9.17) is 4.74 Å². The zero-order valence-corrected chi connectivity index (χ0v) is 19.8. The second-order valence-corrected chi connectivity index (χ2v) is 10.2. The number of thiazole rings is 1. The normalized spacial score (nSPS) is 13.9. The Morgan fingerprint density at radius 1 is 1.09 bits per heavy atom. The highest BCUT2D eigenvalue weighted by atomic mass is 32.2. The van der Waals surface area contributed by atoms with Crippen molar-refractivity contribution in [1.82, 2.24) is 14.8 Å². The highest BCUT2D eigenvalue weighted by Gasteiger charge is 2.33. The third-order valence-electron chi connectivity index (χ3n) is 5.47. The van der Waals surface area contributed by atoms with Gasteiger partial charge in [0.2, 0.25) is 0 Å². The average Bonchev–Trinajstić information content (AvgIpc) is 3.48. The number of ether oxygens (including phenoxy) is 1. The number of hydrogen-bond acceptors (Lipinski definition) is 7. The quantitative estimate of drug-likeness (QED) is 0.402. The first-order chi connectivity index (χ1) is 16.6. The van der Waals surface area contributed by atoms with Crippen molar-refractivity contribution < 1.29 is 26.3 Å². The number of aryl methyl sites for hydroxylation is 1. The number of aromatic nitrogens is 3. The van der Waals surface area contributed by atoms with Crippen molar-refractivity contribution >= 4 is 37.9 Å². The highest BCUT2D eigenvalue weighted by molar-refractivity contribution is 7.93. The topological polar surface area (TPSA) is 89.4 Å². The van der Waals surface area contributed by atoms with Crippen molar-refractivity contribution in [2.24, 2.45) is 7.05 Å². The lowest BCUT2D eigenvalue weighted by Gasteiger charge is -2.33. The van der Waals surface area contributed by atoms with Gasteiger partial charge in [-0.3, -0.25) is 9.40 Å². The van der Waals surface area contributed by atoms with Gasteiger partial charge in [-0.1, -0.05) is 0 Å². The lowest BCUT2D eigenvalue weighted by Crippen LogP contribution is -2.29. The molecular formula is C22H18F3N5O3S2. The van der Waals surface area contributed by atoms with Crippen LogP contribution in [0.2, 0.25) is 0 Å². The molecule has 13 heteroatoms. The molecule has 0 spiro atoms. The molecule has 1 aliphatic rings. The van der Waals surface area contributed by atoms with Crippen LogP contribution in [-0.4, -0.2) is 36.3 Å². The molecule has 0 atom stereocenters. The minimum absolute atomic E-state index is 0.0208. The summed E-state index contributed by atoms with van der Waals surface area (Å²) >= 11 is 1.15. The first kappa shape index (κ1) is 23.2. The van der Waals surface area contributed by atoms with Gasteiger partial charge < -0.3 is 9.64 Å². The predicted octanol–water partition coefficient (Wildman–Crippen LogP) is 4.89. The molecule has 35 heavy (non-hydrogen) atoms. The number of alkyl halides is 3. The lowest BCUT2D eigenvalue weighted by atomic mass is 10.0. The number of nitrogens with one attached hydrogen (secondary N) is 1. The van der Waals surface area contributed by atoms with Crippen molar-refractivity contribution in [3.05, 3.63) is 65.8 Å². The zero-order valence-electron chi connectivity index (χ0n) is 18.2. The number of benzene rings is 2. The van der Waals surface area contributed by atoms with E-state index in [1.165, 1.54) is 35.3 Å². The Kier molecular flexibility index (Phi) is 5.68. The Bertz CT molecular complexity index is 1480. The molecule has 5 rings (SSSR count). The molecule has 3 heterocycles. The van der Waals surface area contributed by atoms with E-state index in [2.05, 4.69) is 14.8 Å². The van der Waals surface area contributed by atoms with Crippen LogP contribution in [-0.2, 0) is 23.2 Å². The molecule has 0 aliphatic carbocycles. The third kappa shape index (κ3) is 4.44. The fourth-order valence-electron chi connectivity index (χ4n) is 3.86. The molecule has 8 nitrogen and oxygen atoms in total. The Morgan fingerprint density at radius 2 is 1.89 bits per heavy atom. The number of fused-ring (bicyclic) bond motifs is 1. The number of rotatable bonds is 5. The zero-order chi connectivity index (χ0) is 24.8. The van der Waals surface area contributed by atoms with Gasteiger partial charge in [0.05, 0.1) is 34.1 Å². The molecule has 2 aromatic heterocycles. The molecule has 0 amide bonds. The Hall–Kier alpha value is -3.58. The van der Waals surface area contributed by atoms with Crippen LogP contribution >= 0.6 is 11.3 Å². The fraction of sp³-hybridized carbons (Fsp3) is 0.182. The summed E-state index contributed by atoms with van der Waals surface area (Å²) in [5.74, 6) is 0.300. The summed E-state index contributed by atoms with van der Waals surface area (Å²) in [7, 11) is -2.26. The summed E-state index contributed by atoms with van der Waals surface area (Å²) in [5.41, 5.74) is 1.12. The van der Waals surface area contributed by atoms with Crippen molar-refractivity contribution in [1.29, 1.82) is 0 Å². The van der Waals surface area contributed by atoms with Crippen LogP contribution in [0.1, 0.15) is 5.56 Å². The maximum atomic E-state index is 13.5. The second kappa shape index (κ2) is 8.57. The van der Waals surface area contributed by atoms with Crippen LogP contribution in [0, 0.1) is 0 Å². The monoisotopic (exact) mass is 521 g/mol. The summed E-state index contributed by atoms with van der Waals surface area (Å²) in [6, 6.07) is 9.57. The molecule has 1 N–H and O–H groups in total. The largest absolute Gasteiger partial charge is 0.489 e. The lowest BCUT2D eigenvalue weighted by molar-refractivity contribution is -0.137. The van der Waals surface area contributed by atoms with Gasteiger partial charge in [0, 0.05) is 36.5 Å². The molecule has 0 unspecified atom stereocenters. The number of halogens is 3. The molecule has 0 bridgehead atoms. The van der Waals surface area contributed by atoms with Gasteiger partial charge in [0.25, 0.3) is 10.0 Å². The van der Waals surface area contributed by atoms with Crippen molar-refractivity contribution in [3.8, 4) is 17.0 Å². The van der Waals surface area contributed by atoms with Crippen LogP contribution in [0.25, 0.3) is 11.3 Å². The van der Waals surface area contributed by atoms with E-state index in [-0.39, 0.29) is 16.6 Å². The molecule has 182 valence electrons. The molecular weight excluding hydrogens is 503 g/mol. The fourth-order valence-corrected chi connectivity index (χ4v) is 5.66. The Morgan fingerprint density at radius 3 is 2.57 bits per heavy atom. The van der Waals surface area contributed by atoms with Crippen LogP contribution in [0.15, 0.2) is 65.1 Å². The van der Waals surface area contributed by atoms with Crippen molar-refractivity contribution in [2.45, 2.75) is 11.1 Å². The predicted molar refractivity (Wildman–Crippen MR) is 126 cm³/mol. The minimum Gasteiger partial charge on any atom is -0.489 e. The third-order valence-corrected chi connectivity index (χ3v) is 7.62. The molecule has 0 fully saturated rings. The van der Waals surface area contributed by atoms with Gasteiger partial charge in [-0.05, 0) is 36.4 Å². The maximum absolute atomic E-state index is 13.5. The summed E-state index contributed by atoms with van der Waals surface area (Å²) in [4.78, 5) is 5.72. The van der Waals surface area contributed by atoms with E-state index in [9.17, 15) is 21.6 Å².